The van der Waals surface area contributed by atoms with Crippen molar-refractivity contribution >= 4 is 30.1 Å². The molecular weight excluding hydrogens is 300 g/mol. The first-order chi connectivity index (χ1) is 7.83. The van der Waals surface area contributed by atoms with E-state index in [2.05, 4.69) is 4.18 Å². The van der Waals surface area contributed by atoms with Gasteiger partial charge in [-0.1, -0.05) is 13.8 Å². The SMILES string of the molecule is CC(C)(COS(=O)O)COS(=O)(=O)O[Si](C)(C)C. The van der Waals surface area contributed by atoms with Crippen LogP contribution in [0.3, 0.4) is 0 Å². The molecular formula is C8H20O7S2Si. The fourth-order valence-corrected chi connectivity index (χ4v) is 4.34. The smallest absolute Gasteiger partial charge is 0.294 e. The normalized spacial score (nSPS) is 15.7. The van der Waals surface area contributed by atoms with Crippen LogP contribution >= 0.6 is 0 Å². The number of rotatable bonds is 8. The molecule has 0 aromatic heterocycles. The minimum Gasteiger partial charge on any atom is -0.294 e. The standard InChI is InChI=1S/C8H20O7S2Si/c1-8(2,6-13-16(9)10)7-14-17(11,12)15-18(3,4)5/h6-7H2,1-5H3,(H,9,10). The van der Waals surface area contributed by atoms with Gasteiger partial charge in [-0.2, -0.15) is 12.6 Å². The lowest BCUT2D eigenvalue weighted by Crippen LogP contribution is -2.33. The number of hydrogen-bond donors (Lipinski definition) is 1. The third-order valence-corrected chi connectivity index (χ3v) is 5.04. The summed E-state index contributed by atoms with van der Waals surface area (Å²) in [7, 11) is -6.30. The molecule has 0 heterocycles. The third-order valence-electron chi connectivity index (χ3n) is 1.50. The van der Waals surface area contributed by atoms with Gasteiger partial charge in [0.15, 0.2) is 0 Å². The maximum absolute atomic E-state index is 11.5. The molecule has 1 unspecified atom stereocenters. The Kier molecular flexibility index (Phi) is 6.60. The van der Waals surface area contributed by atoms with E-state index in [1.54, 1.807) is 33.5 Å². The van der Waals surface area contributed by atoms with Crippen molar-refractivity contribution in [3.8, 4) is 0 Å². The summed E-state index contributed by atoms with van der Waals surface area (Å²) in [6, 6.07) is 0. The van der Waals surface area contributed by atoms with Gasteiger partial charge >= 0.3 is 21.8 Å². The van der Waals surface area contributed by atoms with Crippen LogP contribution in [0.15, 0.2) is 0 Å². The molecule has 7 nitrogen and oxygen atoms in total. The first kappa shape index (κ1) is 18.2. The van der Waals surface area contributed by atoms with E-state index in [0.29, 0.717) is 0 Å². The van der Waals surface area contributed by atoms with Crippen molar-refractivity contribution in [2.24, 2.45) is 5.41 Å². The topological polar surface area (TPSA) is 99.1 Å². The Morgan fingerprint density at radius 3 is 2.11 bits per heavy atom. The van der Waals surface area contributed by atoms with Crippen LogP contribution in [-0.2, 0) is 34.0 Å². The summed E-state index contributed by atoms with van der Waals surface area (Å²) in [5.41, 5.74) is -0.728. The molecule has 0 bridgehead atoms. The van der Waals surface area contributed by atoms with Crippen LogP contribution in [0.25, 0.3) is 0 Å². The molecule has 0 aliphatic heterocycles. The van der Waals surface area contributed by atoms with Crippen LogP contribution < -0.4 is 0 Å². The van der Waals surface area contributed by atoms with Crippen molar-refractivity contribution < 1.29 is 29.4 Å². The van der Waals surface area contributed by atoms with Gasteiger partial charge in [0.2, 0.25) is 8.32 Å². The maximum Gasteiger partial charge on any atom is 0.390 e. The Morgan fingerprint density at radius 1 is 1.22 bits per heavy atom. The maximum atomic E-state index is 11.5. The molecule has 18 heavy (non-hydrogen) atoms. The van der Waals surface area contributed by atoms with Crippen molar-refractivity contribution in [2.45, 2.75) is 33.5 Å². The molecule has 1 N–H and O–H groups in total. The highest BCUT2D eigenvalue weighted by atomic mass is 32.3. The zero-order valence-corrected chi connectivity index (χ0v) is 13.8. The zero-order chi connectivity index (χ0) is 14.6. The second-order valence-electron chi connectivity index (χ2n) is 5.51. The molecule has 0 radical (unpaired) electrons. The second kappa shape index (κ2) is 6.55. The number of hydrogen-bond acceptors (Lipinski definition) is 6. The van der Waals surface area contributed by atoms with E-state index in [0.717, 1.165) is 0 Å². The van der Waals surface area contributed by atoms with Gasteiger partial charge in [-0.3, -0.25) is 12.6 Å². The molecule has 0 rings (SSSR count). The molecule has 1 atom stereocenters. The lowest BCUT2D eigenvalue weighted by molar-refractivity contribution is 0.109. The van der Waals surface area contributed by atoms with Gasteiger partial charge in [-0.25, -0.2) is 4.18 Å². The largest absolute Gasteiger partial charge is 0.390 e. The van der Waals surface area contributed by atoms with Gasteiger partial charge < -0.3 is 0 Å². The van der Waals surface area contributed by atoms with Crippen molar-refractivity contribution in [3.63, 3.8) is 0 Å². The Hall–Kier alpha value is 0.157. The van der Waals surface area contributed by atoms with Crippen molar-refractivity contribution in [2.75, 3.05) is 13.2 Å². The van der Waals surface area contributed by atoms with E-state index in [4.69, 9.17) is 12.6 Å². The highest BCUT2D eigenvalue weighted by molar-refractivity contribution is 7.83. The van der Waals surface area contributed by atoms with Crippen molar-refractivity contribution in [3.05, 3.63) is 0 Å². The van der Waals surface area contributed by atoms with Crippen LogP contribution in [0, 0.1) is 5.41 Å². The molecule has 0 saturated heterocycles. The van der Waals surface area contributed by atoms with Crippen LogP contribution in [-0.4, -0.2) is 38.7 Å². The van der Waals surface area contributed by atoms with E-state index in [9.17, 15) is 12.6 Å². The monoisotopic (exact) mass is 320 g/mol. The summed E-state index contributed by atoms with van der Waals surface area (Å²) >= 11 is -2.38. The molecule has 10 heteroatoms. The van der Waals surface area contributed by atoms with E-state index in [1.165, 1.54) is 0 Å². The van der Waals surface area contributed by atoms with Gasteiger partial charge in [-0.05, 0) is 19.6 Å². The molecule has 0 aliphatic rings. The third kappa shape index (κ3) is 10.1. The van der Waals surface area contributed by atoms with Gasteiger partial charge in [0.25, 0.3) is 0 Å². The Balaban J connectivity index is 4.34. The minimum atomic E-state index is -4.04. The summed E-state index contributed by atoms with van der Waals surface area (Å²) in [5, 5.41) is 0. The van der Waals surface area contributed by atoms with Crippen LogP contribution in [0.5, 0.6) is 0 Å². The second-order valence-corrected chi connectivity index (χ2v) is 12.1. The predicted molar refractivity (Wildman–Crippen MR) is 69.8 cm³/mol. The quantitative estimate of drug-likeness (QED) is 0.531. The van der Waals surface area contributed by atoms with Gasteiger partial charge in [0.05, 0.1) is 13.2 Å². The van der Waals surface area contributed by atoms with E-state index in [1.807, 2.05) is 0 Å². The minimum absolute atomic E-state index is 0.113. The van der Waals surface area contributed by atoms with Crippen molar-refractivity contribution in [1.29, 1.82) is 0 Å². The van der Waals surface area contributed by atoms with Crippen LogP contribution in [0.4, 0.5) is 0 Å². The molecule has 0 amide bonds. The Morgan fingerprint density at radius 2 is 1.72 bits per heavy atom. The summed E-state index contributed by atoms with van der Waals surface area (Å²) in [6.45, 7) is 8.13. The van der Waals surface area contributed by atoms with Gasteiger partial charge in [0, 0.05) is 5.41 Å². The van der Waals surface area contributed by atoms with E-state index in [-0.39, 0.29) is 13.2 Å². The highest BCUT2D eigenvalue weighted by Crippen LogP contribution is 2.19. The molecule has 0 spiro atoms. The van der Waals surface area contributed by atoms with Crippen molar-refractivity contribution in [1.82, 2.24) is 0 Å². The van der Waals surface area contributed by atoms with Crippen LogP contribution in [0.2, 0.25) is 19.6 Å². The van der Waals surface area contributed by atoms with Crippen LogP contribution in [0.1, 0.15) is 13.8 Å². The van der Waals surface area contributed by atoms with Gasteiger partial charge in [-0.15, -0.1) is 0 Å². The fourth-order valence-electron chi connectivity index (χ4n) is 0.814. The van der Waals surface area contributed by atoms with E-state index < -0.39 is 35.5 Å². The fraction of sp³-hybridized carbons (Fsp3) is 1.00. The zero-order valence-electron chi connectivity index (χ0n) is 11.1. The first-order valence-electron chi connectivity index (χ1n) is 5.17. The molecule has 0 aromatic rings. The summed E-state index contributed by atoms with van der Waals surface area (Å²) in [6.07, 6.45) is 0. The van der Waals surface area contributed by atoms with Gasteiger partial charge in [0.1, 0.15) is 0 Å². The predicted octanol–water partition coefficient (Wildman–Crippen LogP) is 1.28. The first-order valence-corrected chi connectivity index (χ1v) is 10.9. The Labute approximate surface area is 112 Å². The molecule has 110 valence electrons. The summed E-state index contributed by atoms with van der Waals surface area (Å²) < 4.78 is 55.9. The molecule has 0 saturated carbocycles. The Bertz CT molecular complexity index is 385. The molecule has 0 aliphatic carbocycles. The lowest BCUT2D eigenvalue weighted by atomic mass is 9.97. The molecule has 0 fully saturated rings. The average molecular weight is 320 g/mol. The molecule has 0 aromatic carbocycles. The lowest BCUT2D eigenvalue weighted by Gasteiger charge is -2.23. The summed E-state index contributed by atoms with van der Waals surface area (Å²) in [4.78, 5) is 0. The highest BCUT2D eigenvalue weighted by Gasteiger charge is 2.28. The van der Waals surface area contributed by atoms with E-state index >= 15 is 0 Å². The average Bonchev–Trinajstić information content (AvgIpc) is 2.09. The summed E-state index contributed by atoms with van der Waals surface area (Å²) in [5.74, 6) is 0.